The van der Waals surface area contributed by atoms with E-state index in [1.54, 1.807) is 0 Å². The van der Waals surface area contributed by atoms with Crippen molar-refractivity contribution in [1.29, 1.82) is 0 Å². The van der Waals surface area contributed by atoms with Gasteiger partial charge in [-0.05, 0) is 34.7 Å². The van der Waals surface area contributed by atoms with Crippen LogP contribution >= 0.6 is 0 Å². The standard InChI is InChI=1S/C7H18N2/c1-6(8-5)9-7(2,3)4/h6,8-9H,1-5H3. The summed E-state index contributed by atoms with van der Waals surface area (Å²) >= 11 is 0. The zero-order chi connectivity index (χ0) is 7.49. The van der Waals surface area contributed by atoms with Crippen LogP contribution in [-0.4, -0.2) is 18.8 Å². The van der Waals surface area contributed by atoms with Gasteiger partial charge in [0.05, 0.1) is 6.17 Å². The molecule has 1 atom stereocenters. The molecule has 2 N–H and O–H groups in total. The van der Waals surface area contributed by atoms with Gasteiger partial charge < -0.3 is 5.32 Å². The zero-order valence-electron chi connectivity index (χ0n) is 7.08. The van der Waals surface area contributed by atoms with Gasteiger partial charge in [-0.1, -0.05) is 0 Å². The van der Waals surface area contributed by atoms with Crippen molar-refractivity contribution >= 4 is 0 Å². The van der Waals surface area contributed by atoms with E-state index in [1.807, 2.05) is 7.05 Å². The normalized spacial score (nSPS) is 15.7. The van der Waals surface area contributed by atoms with E-state index >= 15 is 0 Å². The zero-order valence-corrected chi connectivity index (χ0v) is 7.08. The van der Waals surface area contributed by atoms with Crippen LogP contribution in [-0.2, 0) is 0 Å². The highest BCUT2D eigenvalue weighted by Gasteiger charge is 2.10. The summed E-state index contributed by atoms with van der Waals surface area (Å²) in [6.45, 7) is 8.56. The maximum Gasteiger partial charge on any atom is 0.0544 e. The second kappa shape index (κ2) is 3.18. The highest BCUT2D eigenvalue weighted by molar-refractivity contribution is 4.72. The van der Waals surface area contributed by atoms with Crippen LogP contribution in [0.2, 0.25) is 0 Å². The maximum atomic E-state index is 3.36. The van der Waals surface area contributed by atoms with Gasteiger partial charge >= 0.3 is 0 Å². The second-order valence-corrected chi connectivity index (χ2v) is 3.40. The highest BCUT2D eigenvalue weighted by Crippen LogP contribution is 1.98. The maximum absolute atomic E-state index is 3.36. The van der Waals surface area contributed by atoms with Crippen molar-refractivity contribution in [2.75, 3.05) is 7.05 Å². The topological polar surface area (TPSA) is 24.1 Å². The molecule has 1 unspecified atom stereocenters. The summed E-state index contributed by atoms with van der Waals surface area (Å²) in [5.41, 5.74) is 0.211. The Bertz CT molecular complexity index is 73.5. The van der Waals surface area contributed by atoms with Gasteiger partial charge in [-0.2, -0.15) is 0 Å². The lowest BCUT2D eigenvalue weighted by Crippen LogP contribution is -2.48. The Morgan fingerprint density at radius 1 is 1.22 bits per heavy atom. The molecule has 2 heteroatoms. The molecule has 0 aromatic rings. The third-order valence-corrected chi connectivity index (χ3v) is 1.08. The first kappa shape index (κ1) is 8.92. The van der Waals surface area contributed by atoms with Crippen LogP contribution in [0.3, 0.4) is 0 Å². The summed E-state index contributed by atoms with van der Waals surface area (Å²) in [6, 6.07) is 0. The quantitative estimate of drug-likeness (QED) is 0.544. The van der Waals surface area contributed by atoms with Gasteiger partial charge in [0.1, 0.15) is 0 Å². The Labute approximate surface area is 58.0 Å². The molecule has 0 fully saturated rings. The minimum Gasteiger partial charge on any atom is -0.305 e. The first-order valence-corrected chi connectivity index (χ1v) is 3.40. The van der Waals surface area contributed by atoms with E-state index in [-0.39, 0.29) is 5.54 Å². The van der Waals surface area contributed by atoms with E-state index in [0.717, 1.165) is 0 Å². The molecule has 0 aliphatic carbocycles. The van der Waals surface area contributed by atoms with Gasteiger partial charge in [-0.15, -0.1) is 0 Å². The van der Waals surface area contributed by atoms with Crippen LogP contribution in [0.15, 0.2) is 0 Å². The van der Waals surface area contributed by atoms with Crippen molar-refractivity contribution in [2.45, 2.75) is 39.4 Å². The van der Waals surface area contributed by atoms with Gasteiger partial charge in [-0.3, -0.25) is 5.32 Å². The molecule has 0 aliphatic heterocycles. The van der Waals surface area contributed by atoms with Gasteiger partial charge in [0.2, 0.25) is 0 Å². The molecule has 0 bridgehead atoms. The van der Waals surface area contributed by atoms with Gasteiger partial charge in [0.15, 0.2) is 0 Å². The molecule has 9 heavy (non-hydrogen) atoms. The van der Waals surface area contributed by atoms with Crippen molar-refractivity contribution < 1.29 is 0 Å². The predicted octanol–water partition coefficient (Wildman–Crippen LogP) is 0.940. The Kier molecular flexibility index (Phi) is 3.15. The average Bonchev–Trinajstić information content (AvgIpc) is 1.62. The monoisotopic (exact) mass is 130 g/mol. The van der Waals surface area contributed by atoms with Crippen molar-refractivity contribution in [1.82, 2.24) is 10.6 Å². The molecule has 0 heterocycles. The molecule has 0 aromatic carbocycles. The number of hydrogen-bond acceptors (Lipinski definition) is 2. The second-order valence-electron chi connectivity index (χ2n) is 3.40. The fraction of sp³-hybridized carbons (Fsp3) is 1.00. The van der Waals surface area contributed by atoms with E-state index in [0.29, 0.717) is 6.17 Å². The smallest absolute Gasteiger partial charge is 0.0544 e. The Hall–Kier alpha value is -0.0800. The largest absolute Gasteiger partial charge is 0.305 e. The van der Waals surface area contributed by atoms with E-state index < -0.39 is 0 Å². The van der Waals surface area contributed by atoms with Crippen LogP contribution in [0, 0.1) is 0 Å². The molecular weight excluding hydrogens is 112 g/mol. The molecule has 56 valence electrons. The van der Waals surface area contributed by atoms with E-state index in [9.17, 15) is 0 Å². The number of nitrogens with one attached hydrogen (secondary N) is 2. The molecule has 0 spiro atoms. The molecule has 0 aromatic heterocycles. The lowest BCUT2D eigenvalue weighted by atomic mass is 10.1. The van der Waals surface area contributed by atoms with Crippen LogP contribution in [0.1, 0.15) is 27.7 Å². The minimum absolute atomic E-state index is 0.211. The summed E-state index contributed by atoms with van der Waals surface area (Å²) in [6.07, 6.45) is 0.394. The van der Waals surface area contributed by atoms with Gasteiger partial charge in [0, 0.05) is 5.54 Å². The van der Waals surface area contributed by atoms with Crippen LogP contribution in [0.25, 0.3) is 0 Å². The minimum atomic E-state index is 0.211. The van der Waals surface area contributed by atoms with Crippen LogP contribution in [0.5, 0.6) is 0 Å². The number of hydrogen-bond donors (Lipinski definition) is 2. The Morgan fingerprint density at radius 2 is 1.67 bits per heavy atom. The molecule has 0 saturated carbocycles. The third kappa shape index (κ3) is 5.80. The Morgan fingerprint density at radius 3 is 1.78 bits per heavy atom. The van der Waals surface area contributed by atoms with Gasteiger partial charge in [0.25, 0.3) is 0 Å². The van der Waals surface area contributed by atoms with E-state index in [4.69, 9.17) is 0 Å². The average molecular weight is 130 g/mol. The van der Waals surface area contributed by atoms with Crippen molar-refractivity contribution in [3.8, 4) is 0 Å². The summed E-state index contributed by atoms with van der Waals surface area (Å²) < 4.78 is 0. The SMILES string of the molecule is CNC(C)NC(C)(C)C. The third-order valence-electron chi connectivity index (χ3n) is 1.08. The molecule has 0 saturated heterocycles. The van der Waals surface area contributed by atoms with E-state index in [2.05, 4.69) is 38.3 Å². The van der Waals surface area contributed by atoms with Crippen LogP contribution < -0.4 is 10.6 Å². The molecule has 2 nitrogen and oxygen atoms in total. The van der Waals surface area contributed by atoms with Crippen molar-refractivity contribution in [2.24, 2.45) is 0 Å². The lowest BCUT2D eigenvalue weighted by Gasteiger charge is -2.25. The molecule has 0 aliphatic rings. The summed E-state index contributed by atoms with van der Waals surface area (Å²) in [5, 5.41) is 6.47. The summed E-state index contributed by atoms with van der Waals surface area (Å²) in [4.78, 5) is 0. The Balaban J connectivity index is 3.47. The van der Waals surface area contributed by atoms with Crippen molar-refractivity contribution in [3.63, 3.8) is 0 Å². The molecule has 0 radical (unpaired) electrons. The van der Waals surface area contributed by atoms with Crippen molar-refractivity contribution in [3.05, 3.63) is 0 Å². The fourth-order valence-electron chi connectivity index (χ4n) is 0.722. The van der Waals surface area contributed by atoms with E-state index in [1.165, 1.54) is 0 Å². The van der Waals surface area contributed by atoms with Crippen LogP contribution in [0.4, 0.5) is 0 Å². The predicted molar refractivity (Wildman–Crippen MR) is 41.4 cm³/mol. The molecule has 0 amide bonds. The summed E-state index contributed by atoms with van der Waals surface area (Å²) in [5.74, 6) is 0. The first-order chi connectivity index (χ1) is 3.95. The molecular formula is C7H18N2. The van der Waals surface area contributed by atoms with Gasteiger partial charge in [-0.25, -0.2) is 0 Å². The first-order valence-electron chi connectivity index (χ1n) is 3.40. The molecule has 0 rings (SSSR count). The fourth-order valence-corrected chi connectivity index (χ4v) is 0.722. The highest BCUT2D eigenvalue weighted by atomic mass is 15.1. The lowest BCUT2D eigenvalue weighted by molar-refractivity contribution is 0.347. The summed E-state index contributed by atoms with van der Waals surface area (Å²) in [7, 11) is 1.95. The number of rotatable bonds is 2.